The minimum atomic E-state index is -5.03. The van der Waals surface area contributed by atoms with Crippen molar-refractivity contribution in [2.45, 2.75) is 4.90 Å². The first-order valence-corrected chi connectivity index (χ1v) is 8.09. The molecule has 0 atom stereocenters. The van der Waals surface area contributed by atoms with Gasteiger partial charge in [0.2, 0.25) is 0 Å². The van der Waals surface area contributed by atoms with E-state index >= 15 is 0 Å². The van der Waals surface area contributed by atoms with Crippen molar-refractivity contribution in [3.63, 3.8) is 0 Å². The number of nitrogens with one attached hydrogen (secondary N) is 1. The summed E-state index contributed by atoms with van der Waals surface area (Å²) >= 11 is 5.93. The maximum atomic E-state index is 11.5. The quantitative estimate of drug-likeness (QED) is 0.300. The second-order valence-corrected chi connectivity index (χ2v) is 6.49. The van der Waals surface area contributed by atoms with Gasteiger partial charge in [0.15, 0.2) is 0 Å². The van der Waals surface area contributed by atoms with Gasteiger partial charge in [-0.1, -0.05) is 11.6 Å². The molecule has 25 heavy (non-hydrogen) atoms. The molecule has 0 fully saturated rings. The summed E-state index contributed by atoms with van der Waals surface area (Å²) in [6.45, 7) is 0. The highest BCUT2D eigenvalue weighted by Crippen LogP contribution is 2.39. The van der Waals surface area contributed by atoms with Crippen LogP contribution in [0.5, 0.6) is 0 Å². The Hall–Kier alpha value is -2.96. The number of hydrogen-bond donors (Lipinski definition) is 3. The van der Waals surface area contributed by atoms with Crippen molar-refractivity contribution < 1.29 is 22.8 Å². The van der Waals surface area contributed by atoms with Gasteiger partial charge in [-0.15, -0.1) is 0 Å². The van der Waals surface area contributed by atoms with E-state index in [1.807, 2.05) is 0 Å². The minimum Gasteiger partial charge on any atom is -0.399 e. The first-order chi connectivity index (χ1) is 11.5. The molecule has 0 unspecified atom stereocenters. The number of non-ortho nitro benzene ring substituents is 1. The molecule has 11 nitrogen and oxygen atoms in total. The number of hydrogen-bond acceptors (Lipinski definition) is 8. The number of halogens is 1. The third kappa shape index (κ3) is 3.93. The van der Waals surface area contributed by atoms with Crippen molar-refractivity contribution in [1.82, 2.24) is 0 Å². The standard InChI is InChI=1S/C12H9ClN4O7S/c13-8-3-6(14)1-2-9(8)15-12-10(17(20)21)4-7(16(18)19)5-11(12)25(22,23)24/h1-5,15H,14H2,(H,22,23,24). The van der Waals surface area contributed by atoms with Crippen molar-refractivity contribution in [3.8, 4) is 0 Å². The number of nitrogen functional groups attached to an aromatic ring is 1. The highest BCUT2D eigenvalue weighted by Gasteiger charge is 2.30. The summed E-state index contributed by atoms with van der Waals surface area (Å²) in [5.41, 5.74) is 3.35. The van der Waals surface area contributed by atoms with Gasteiger partial charge in [0.1, 0.15) is 10.6 Å². The van der Waals surface area contributed by atoms with Gasteiger partial charge < -0.3 is 11.1 Å². The molecule has 2 aromatic rings. The summed E-state index contributed by atoms with van der Waals surface area (Å²) in [5, 5.41) is 24.5. The molecule has 0 saturated heterocycles. The maximum absolute atomic E-state index is 11.5. The molecule has 0 saturated carbocycles. The van der Waals surface area contributed by atoms with E-state index in [0.717, 1.165) is 0 Å². The Morgan fingerprint density at radius 3 is 2.24 bits per heavy atom. The smallest absolute Gasteiger partial charge is 0.300 e. The lowest BCUT2D eigenvalue weighted by Gasteiger charge is -2.12. The van der Waals surface area contributed by atoms with Gasteiger partial charge in [0, 0.05) is 11.8 Å². The number of nitrogens with zero attached hydrogens (tertiary/aromatic N) is 2. The van der Waals surface area contributed by atoms with Crippen LogP contribution in [0, 0.1) is 20.2 Å². The van der Waals surface area contributed by atoms with Crippen LogP contribution in [0.3, 0.4) is 0 Å². The number of nitrogens with two attached hydrogens (primary N) is 1. The summed E-state index contributed by atoms with van der Waals surface area (Å²) in [6.07, 6.45) is 0. The Balaban J connectivity index is 2.77. The Morgan fingerprint density at radius 2 is 1.76 bits per heavy atom. The molecule has 2 rings (SSSR count). The largest absolute Gasteiger partial charge is 0.399 e. The lowest BCUT2D eigenvalue weighted by molar-refractivity contribution is -0.393. The molecule has 0 aromatic heterocycles. The van der Waals surface area contributed by atoms with Gasteiger partial charge in [0.25, 0.3) is 15.8 Å². The lowest BCUT2D eigenvalue weighted by Crippen LogP contribution is -2.08. The molecule has 0 radical (unpaired) electrons. The molecule has 0 spiro atoms. The molecular weight excluding hydrogens is 380 g/mol. The van der Waals surface area contributed by atoms with Crippen LogP contribution < -0.4 is 11.1 Å². The third-order valence-electron chi connectivity index (χ3n) is 3.00. The molecule has 13 heteroatoms. The van der Waals surface area contributed by atoms with Crippen LogP contribution in [0.15, 0.2) is 35.2 Å². The zero-order valence-corrected chi connectivity index (χ0v) is 13.6. The Labute approximate surface area is 145 Å². The number of anilines is 3. The fourth-order valence-electron chi connectivity index (χ4n) is 1.93. The average Bonchev–Trinajstić information content (AvgIpc) is 2.48. The topological polar surface area (TPSA) is 179 Å². The van der Waals surface area contributed by atoms with Crippen LogP contribution in [0.4, 0.5) is 28.4 Å². The van der Waals surface area contributed by atoms with E-state index in [4.69, 9.17) is 17.3 Å². The Morgan fingerprint density at radius 1 is 1.12 bits per heavy atom. The molecule has 0 aliphatic rings. The second kappa shape index (κ2) is 6.51. The SMILES string of the molecule is Nc1ccc(Nc2c([N+](=O)[O-])cc([N+](=O)[O-])cc2S(=O)(=O)O)c(Cl)c1. The summed E-state index contributed by atoms with van der Waals surface area (Å²) in [4.78, 5) is 19.0. The molecule has 2 aromatic carbocycles. The van der Waals surface area contributed by atoms with Crippen molar-refractivity contribution in [2.75, 3.05) is 11.1 Å². The van der Waals surface area contributed by atoms with Gasteiger partial charge >= 0.3 is 5.69 Å². The molecule has 132 valence electrons. The first-order valence-electron chi connectivity index (χ1n) is 6.27. The number of nitro groups is 2. The summed E-state index contributed by atoms with van der Waals surface area (Å²) in [5.74, 6) is 0. The van der Waals surface area contributed by atoms with Gasteiger partial charge in [-0.3, -0.25) is 24.8 Å². The van der Waals surface area contributed by atoms with Crippen LogP contribution in [0.2, 0.25) is 5.02 Å². The van der Waals surface area contributed by atoms with Crippen molar-refractivity contribution in [1.29, 1.82) is 0 Å². The van der Waals surface area contributed by atoms with Gasteiger partial charge in [0.05, 0.1) is 26.6 Å². The van der Waals surface area contributed by atoms with Gasteiger partial charge in [-0.05, 0) is 18.2 Å². The van der Waals surface area contributed by atoms with Crippen molar-refractivity contribution in [3.05, 3.63) is 55.6 Å². The van der Waals surface area contributed by atoms with Crippen LogP contribution in [-0.2, 0) is 10.1 Å². The molecule has 0 aliphatic carbocycles. The second-order valence-electron chi connectivity index (χ2n) is 4.69. The predicted molar refractivity (Wildman–Crippen MR) is 88.7 cm³/mol. The fraction of sp³-hybridized carbons (Fsp3) is 0. The predicted octanol–water partition coefficient (Wildman–Crippen LogP) is 2.73. The zero-order chi connectivity index (χ0) is 18.9. The van der Waals surface area contributed by atoms with Gasteiger partial charge in [-0.2, -0.15) is 8.42 Å². The zero-order valence-electron chi connectivity index (χ0n) is 12.0. The van der Waals surface area contributed by atoms with Crippen molar-refractivity contribution in [2.24, 2.45) is 0 Å². The summed E-state index contributed by atoms with van der Waals surface area (Å²) < 4.78 is 32.4. The summed E-state index contributed by atoms with van der Waals surface area (Å²) in [6, 6.07) is 5.06. The van der Waals surface area contributed by atoms with Crippen LogP contribution in [0.1, 0.15) is 0 Å². The Kier molecular flexibility index (Phi) is 4.78. The number of nitro benzene ring substituents is 2. The normalized spacial score (nSPS) is 11.1. The highest BCUT2D eigenvalue weighted by atomic mass is 35.5. The number of rotatable bonds is 5. The monoisotopic (exact) mass is 388 g/mol. The van der Waals surface area contributed by atoms with E-state index < -0.39 is 41.9 Å². The average molecular weight is 389 g/mol. The summed E-state index contributed by atoms with van der Waals surface area (Å²) in [7, 11) is -5.03. The fourth-order valence-corrected chi connectivity index (χ4v) is 2.85. The van der Waals surface area contributed by atoms with Crippen LogP contribution in [0.25, 0.3) is 0 Å². The van der Waals surface area contributed by atoms with E-state index in [0.29, 0.717) is 12.1 Å². The molecule has 0 bridgehead atoms. The first kappa shape index (κ1) is 18.4. The van der Waals surface area contributed by atoms with Crippen molar-refractivity contribution >= 4 is 50.2 Å². The van der Waals surface area contributed by atoms with Crippen LogP contribution >= 0.6 is 11.6 Å². The van der Waals surface area contributed by atoms with E-state index in [9.17, 15) is 33.2 Å². The maximum Gasteiger partial charge on any atom is 0.300 e. The van der Waals surface area contributed by atoms with E-state index in [1.54, 1.807) is 0 Å². The highest BCUT2D eigenvalue weighted by molar-refractivity contribution is 7.86. The molecule has 4 N–H and O–H groups in total. The van der Waals surface area contributed by atoms with Gasteiger partial charge in [-0.25, -0.2) is 0 Å². The van der Waals surface area contributed by atoms with E-state index in [1.165, 1.54) is 18.2 Å². The number of benzene rings is 2. The molecule has 0 heterocycles. The van der Waals surface area contributed by atoms with Crippen LogP contribution in [-0.4, -0.2) is 22.8 Å². The molecule has 0 aliphatic heterocycles. The molecular formula is C12H9ClN4O7S. The molecule has 0 amide bonds. The Bertz CT molecular complexity index is 993. The van der Waals surface area contributed by atoms with E-state index in [2.05, 4.69) is 5.32 Å². The minimum absolute atomic E-state index is 0.00828. The lowest BCUT2D eigenvalue weighted by atomic mass is 10.2. The van der Waals surface area contributed by atoms with E-state index in [-0.39, 0.29) is 16.4 Å². The third-order valence-corrected chi connectivity index (χ3v) is 4.19.